The van der Waals surface area contributed by atoms with Crippen molar-refractivity contribution in [2.24, 2.45) is 7.05 Å². The van der Waals surface area contributed by atoms with Gasteiger partial charge in [0.1, 0.15) is 5.82 Å². The number of hydrogen-bond donors (Lipinski definition) is 0. The lowest BCUT2D eigenvalue weighted by molar-refractivity contribution is 0.630. The van der Waals surface area contributed by atoms with Crippen molar-refractivity contribution in [2.75, 3.05) is 0 Å². The highest BCUT2D eigenvalue weighted by Gasteiger charge is 2.22. The number of rotatable bonds is 4. The van der Waals surface area contributed by atoms with Gasteiger partial charge in [-0.15, -0.1) is 5.10 Å². The molecule has 0 radical (unpaired) electrons. The summed E-state index contributed by atoms with van der Waals surface area (Å²) in [6.07, 6.45) is 0. The Morgan fingerprint density at radius 3 is 2.62 bits per heavy atom. The first-order chi connectivity index (χ1) is 12.6. The zero-order valence-electron chi connectivity index (χ0n) is 14.2. The molecule has 0 fully saturated rings. The van der Waals surface area contributed by atoms with E-state index in [1.807, 2.05) is 51.2 Å². The van der Waals surface area contributed by atoms with Crippen molar-refractivity contribution in [3.8, 4) is 11.4 Å². The molecule has 0 saturated heterocycles. The van der Waals surface area contributed by atoms with E-state index in [0.29, 0.717) is 16.7 Å². The van der Waals surface area contributed by atoms with Gasteiger partial charge in [0, 0.05) is 7.05 Å². The largest absolute Gasteiger partial charge is 0.297 e. The minimum Gasteiger partial charge on any atom is -0.283 e. The fourth-order valence-electron chi connectivity index (χ4n) is 2.58. The van der Waals surface area contributed by atoms with E-state index in [2.05, 4.69) is 24.9 Å². The van der Waals surface area contributed by atoms with Gasteiger partial charge in [0.05, 0.1) is 11.4 Å². The number of hydrogen-bond acceptors (Lipinski definition) is 8. The van der Waals surface area contributed by atoms with Crippen LogP contribution in [0.25, 0.3) is 11.4 Å². The molecule has 0 amide bonds. The van der Waals surface area contributed by atoms with Crippen molar-refractivity contribution in [1.29, 1.82) is 0 Å². The number of aromatic nitrogens is 8. The molecule has 11 heteroatoms. The van der Waals surface area contributed by atoms with Crippen LogP contribution >= 0.6 is 23.3 Å². The van der Waals surface area contributed by atoms with E-state index in [9.17, 15) is 4.79 Å². The van der Waals surface area contributed by atoms with E-state index in [1.54, 1.807) is 9.36 Å². The van der Waals surface area contributed by atoms with Crippen LogP contribution in [0.2, 0.25) is 0 Å². The second-order valence-corrected chi connectivity index (χ2v) is 7.46. The van der Waals surface area contributed by atoms with E-state index in [0.717, 1.165) is 15.7 Å². The Morgan fingerprint density at radius 1 is 1.15 bits per heavy atom. The average molecular weight is 386 g/mol. The maximum absolute atomic E-state index is 13.1. The molecule has 9 nitrogen and oxygen atoms in total. The quantitative estimate of drug-likeness (QED) is 0.527. The first-order valence-electron chi connectivity index (χ1n) is 7.67. The molecule has 1 aromatic carbocycles. The Balaban J connectivity index is 1.83. The highest BCUT2D eigenvalue weighted by atomic mass is 32.2. The van der Waals surface area contributed by atoms with Crippen molar-refractivity contribution in [3.05, 3.63) is 52.2 Å². The lowest BCUT2D eigenvalue weighted by Gasteiger charge is -2.07. The van der Waals surface area contributed by atoms with Crippen molar-refractivity contribution in [2.45, 2.75) is 23.3 Å². The van der Waals surface area contributed by atoms with Gasteiger partial charge in [-0.1, -0.05) is 18.2 Å². The summed E-state index contributed by atoms with van der Waals surface area (Å²) in [6.45, 7) is 3.69. The van der Waals surface area contributed by atoms with Gasteiger partial charge < -0.3 is 0 Å². The zero-order valence-corrected chi connectivity index (χ0v) is 15.8. The predicted molar refractivity (Wildman–Crippen MR) is 97.2 cm³/mol. The maximum Gasteiger partial charge on any atom is 0.297 e. The van der Waals surface area contributed by atoms with Crippen molar-refractivity contribution in [1.82, 2.24) is 38.9 Å². The summed E-state index contributed by atoms with van der Waals surface area (Å²) in [5.41, 5.74) is 1.74. The third-order valence-electron chi connectivity index (χ3n) is 3.86. The lowest BCUT2D eigenvalue weighted by Crippen LogP contribution is -2.21. The van der Waals surface area contributed by atoms with Crippen molar-refractivity contribution >= 4 is 23.3 Å². The Hall–Kier alpha value is -2.79. The van der Waals surface area contributed by atoms with E-state index >= 15 is 0 Å². The van der Waals surface area contributed by atoms with E-state index in [4.69, 9.17) is 0 Å². The number of aryl methyl sites for hydroxylation is 1. The molecule has 132 valence electrons. The van der Waals surface area contributed by atoms with E-state index < -0.39 is 0 Å². The molecule has 0 spiro atoms. The summed E-state index contributed by atoms with van der Waals surface area (Å²) >= 11 is 2.55. The Kier molecular flexibility index (Phi) is 4.17. The third-order valence-corrected chi connectivity index (χ3v) is 5.64. The second kappa shape index (κ2) is 6.50. The van der Waals surface area contributed by atoms with Crippen LogP contribution < -0.4 is 5.56 Å². The van der Waals surface area contributed by atoms with Gasteiger partial charge in [0.25, 0.3) is 5.56 Å². The molecule has 0 atom stereocenters. The molecular formula is C15H14N8OS2. The first kappa shape index (κ1) is 16.7. The smallest absolute Gasteiger partial charge is 0.283 e. The summed E-state index contributed by atoms with van der Waals surface area (Å²) in [5, 5.41) is 12.3. The Bertz CT molecular complexity index is 1120. The fourth-order valence-corrected chi connectivity index (χ4v) is 4.11. The Morgan fingerprint density at radius 2 is 1.92 bits per heavy atom. The fraction of sp³-hybridized carbons (Fsp3) is 0.200. The van der Waals surface area contributed by atoms with Gasteiger partial charge in [-0.3, -0.25) is 9.48 Å². The van der Waals surface area contributed by atoms with Gasteiger partial charge >= 0.3 is 0 Å². The maximum atomic E-state index is 13.1. The highest BCUT2D eigenvalue weighted by molar-refractivity contribution is 8.00. The van der Waals surface area contributed by atoms with Gasteiger partial charge in [0.15, 0.2) is 10.0 Å². The van der Waals surface area contributed by atoms with Crippen LogP contribution in [0.3, 0.4) is 0 Å². The summed E-state index contributed by atoms with van der Waals surface area (Å²) in [4.78, 5) is 17.4. The van der Waals surface area contributed by atoms with Crippen LogP contribution in [0, 0.1) is 13.8 Å². The van der Waals surface area contributed by atoms with Crippen LogP contribution in [0.1, 0.15) is 11.5 Å². The SMILES string of the molecule is Cc1nsc(Sc2nnnn2-c2c(C)n(C)n(-c3ccccc3)c2=O)n1. The molecule has 3 aromatic heterocycles. The van der Waals surface area contributed by atoms with Crippen molar-refractivity contribution < 1.29 is 0 Å². The molecule has 0 bridgehead atoms. The van der Waals surface area contributed by atoms with Crippen LogP contribution in [-0.4, -0.2) is 38.9 Å². The molecule has 26 heavy (non-hydrogen) atoms. The molecule has 4 aromatic rings. The van der Waals surface area contributed by atoms with Crippen molar-refractivity contribution in [3.63, 3.8) is 0 Å². The molecule has 0 aliphatic carbocycles. The monoisotopic (exact) mass is 386 g/mol. The summed E-state index contributed by atoms with van der Waals surface area (Å²) in [5.74, 6) is 0.693. The number of tetrazole rings is 1. The van der Waals surface area contributed by atoms with Gasteiger partial charge in [-0.25, -0.2) is 9.67 Å². The molecule has 4 rings (SSSR count). The zero-order chi connectivity index (χ0) is 18.3. The number of benzene rings is 1. The summed E-state index contributed by atoms with van der Waals surface area (Å²) in [6, 6.07) is 9.44. The Labute approximate surface area is 156 Å². The van der Waals surface area contributed by atoms with Crippen LogP contribution in [0.15, 0.2) is 44.6 Å². The molecule has 0 saturated carbocycles. The van der Waals surface area contributed by atoms with E-state index in [1.165, 1.54) is 28.0 Å². The molecule has 0 unspecified atom stereocenters. The molecule has 0 aliphatic rings. The van der Waals surface area contributed by atoms with Crippen LogP contribution in [0.5, 0.6) is 0 Å². The van der Waals surface area contributed by atoms with Gasteiger partial charge in [0.2, 0.25) is 5.16 Å². The average Bonchev–Trinajstić information content (AvgIpc) is 3.30. The molecule has 0 N–H and O–H groups in total. The number of para-hydroxylation sites is 1. The van der Waals surface area contributed by atoms with E-state index in [-0.39, 0.29) is 5.56 Å². The minimum atomic E-state index is -0.196. The van der Waals surface area contributed by atoms with Crippen LogP contribution in [-0.2, 0) is 7.05 Å². The molecular weight excluding hydrogens is 372 g/mol. The predicted octanol–water partition coefficient (Wildman–Crippen LogP) is 1.77. The summed E-state index contributed by atoms with van der Waals surface area (Å²) in [7, 11) is 1.83. The third kappa shape index (κ3) is 2.74. The minimum absolute atomic E-state index is 0.196. The normalized spacial score (nSPS) is 11.2. The molecule has 3 heterocycles. The first-order valence-corrected chi connectivity index (χ1v) is 9.26. The summed E-state index contributed by atoms with van der Waals surface area (Å²) < 4.78 is 9.71. The topological polar surface area (TPSA) is 96.3 Å². The van der Waals surface area contributed by atoms with Gasteiger partial charge in [-0.2, -0.15) is 9.06 Å². The van der Waals surface area contributed by atoms with Gasteiger partial charge in [-0.05, 0) is 59.7 Å². The lowest BCUT2D eigenvalue weighted by atomic mass is 10.3. The second-order valence-electron chi connectivity index (χ2n) is 5.49. The highest BCUT2D eigenvalue weighted by Crippen LogP contribution is 2.28. The number of nitrogens with zero attached hydrogens (tertiary/aromatic N) is 8. The standard InChI is InChI=1S/C15H14N8OS2/c1-9-12(13(24)23(21(9)3)11-7-5-4-6-8-11)22-14(17-19-20-22)25-15-16-10(2)18-26-15/h4-8H,1-3H3. The molecule has 0 aliphatic heterocycles. The van der Waals surface area contributed by atoms with Crippen LogP contribution in [0.4, 0.5) is 0 Å².